The second-order valence-corrected chi connectivity index (χ2v) is 4.46. The lowest BCUT2D eigenvalue weighted by Crippen LogP contribution is -2.24. The Balaban J connectivity index is 2.29. The third-order valence-electron chi connectivity index (χ3n) is 1.68. The molecule has 0 unspecified atom stereocenters. The molecule has 1 rings (SSSR count). The van der Waals surface area contributed by atoms with Gasteiger partial charge in [0.2, 0.25) is 0 Å². The third-order valence-corrected chi connectivity index (χ3v) is 1.68. The van der Waals surface area contributed by atoms with E-state index in [2.05, 4.69) is 4.98 Å². The highest BCUT2D eigenvalue weighted by atomic mass is 16.7. The van der Waals surface area contributed by atoms with Crippen molar-refractivity contribution in [2.24, 2.45) is 0 Å². The van der Waals surface area contributed by atoms with E-state index in [1.54, 1.807) is 39.2 Å². The van der Waals surface area contributed by atoms with Crippen LogP contribution < -0.4 is 0 Å². The molecule has 0 aromatic carbocycles. The summed E-state index contributed by atoms with van der Waals surface area (Å²) in [5.41, 5.74) is 0.435. The second kappa shape index (κ2) is 6.03. The van der Waals surface area contributed by atoms with Crippen molar-refractivity contribution < 1.29 is 14.3 Å². The molecule has 0 aliphatic rings. The predicted molar refractivity (Wildman–Crippen MR) is 65.5 cm³/mol. The fourth-order valence-corrected chi connectivity index (χ4v) is 1.05. The van der Waals surface area contributed by atoms with Gasteiger partial charge < -0.3 is 9.47 Å². The van der Waals surface area contributed by atoms with Crippen molar-refractivity contribution in [1.29, 1.82) is 0 Å². The van der Waals surface area contributed by atoms with Gasteiger partial charge in [0.15, 0.2) is 0 Å². The van der Waals surface area contributed by atoms with Crippen molar-refractivity contribution in [3.63, 3.8) is 0 Å². The first-order valence-corrected chi connectivity index (χ1v) is 5.40. The van der Waals surface area contributed by atoms with Gasteiger partial charge in [-0.2, -0.15) is 0 Å². The molecule has 0 amide bonds. The van der Waals surface area contributed by atoms with E-state index in [4.69, 9.17) is 9.47 Å². The number of carbonyl (C=O) groups excluding carboxylic acids is 1. The first-order chi connectivity index (χ1) is 7.97. The van der Waals surface area contributed by atoms with E-state index in [-0.39, 0.29) is 6.61 Å². The molecule has 1 aromatic rings. The topological polar surface area (TPSA) is 48.4 Å². The monoisotopic (exact) mass is 235 g/mol. The molecule has 0 radical (unpaired) electrons. The van der Waals surface area contributed by atoms with Crippen LogP contribution in [0, 0.1) is 0 Å². The smallest absolute Gasteiger partial charge is 0.430 e. The molecule has 0 bridgehead atoms. The lowest BCUT2D eigenvalue weighted by Gasteiger charge is -2.18. The largest absolute Gasteiger partial charge is 0.509 e. The van der Waals surface area contributed by atoms with Gasteiger partial charge in [0.05, 0.1) is 0 Å². The van der Waals surface area contributed by atoms with Gasteiger partial charge in [-0.15, -0.1) is 0 Å². The van der Waals surface area contributed by atoms with E-state index in [0.29, 0.717) is 0 Å². The number of hydrogen-bond donors (Lipinski definition) is 0. The van der Waals surface area contributed by atoms with Crippen LogP contribution in [-0.2, 0) is 9.47 Å². The summed E-state index contributed by atoms with van der Waals surface area (Å²) < 4.78 is 9.85. The first-order valence-electron chi connectivity index (χ1n) is 5.40. The zero-order chi connectivity index (χ0) is 12.7. The minimum Gasteiger partial charge on any atom is -0.430 e. The molecule has 1 aromatic heterocycles. The summed E-state index contributed by atoms with van der Waals surface area (Å²) in [6.45, 7) is 5.56. The second-order valence-electron chi connectivity index (χ2n) is 4.46. The van der Waals surface area contributed by atoms with Crippen molar-refractivity contribution in [2.45, 2.75) is 26.4 Å². The summed E-state index contributed by atoms with van der Waals surface area (Å²) in [6.07, 6.45) is 6.34. The van der Waals surface area contributed by atoms with Gasteiger partial charge in [-0.25, -0.2) is 4.79 Å². The van der Waals surface area contributed by atoms with E-state index >= 15 is 0 Å². The lowest BCUT2D eigenvalue weighted by molar-refractivity contribution is -0.00234. The molecule has 0 atom stereocenters. The van der Waals surface area contributed by atoms with Gasteiger partial charge >= 0.3 is 6.16 Å². The maximum Gasteiger partial charge on any atom is 0.509 e. The van der Waals surface area contributed by atoms with Crippen LogP contribution >= 0.6 is 0 Å². The van der Waals surface area contributed by atoms with Gasteiger partial charge in [-0.3, -0.25) is 4.98 Å². The number of rotatable bonds is 3. The maximum absolute atomic E-state index is 11.2. The highest BCUT2D eigenvalue weighted by Gasteiger charge is 2.16. The van der Waals surface area contributed by atoms with Crippen LogP contribution in [0.4, 0.5) is 4.79 Å². The van der Waals surface area contributed by atoms with Crippen molar-refractivity contribution >= 4 is 12.2 Å². The van der Waals surface area contributed by atoms with Gasteiger partial charge in [0.25, 0.3) is 0 Å². The molecule has 0 fully saturated rings. The minimum atomic E-state index is -0.659. The highest BCUT2D eigenvalue weighted by Crippen LogP contribution is 2.08. The van der Waals surface area contributed by atoms with Crippen molar-refractivity contribution in [1.82, 2.24) is 4.98 Å². The summed E-state index contributed by atoms with van der Waals surface area (Å²) in [6, 6.07) is 3.76. The molecule has 0 saturated carbocycles. The maximum atomic E-state index is 11.2. The molecular formula is C13H17NO3. The summed E-state index contributed by atoms with van der Waals surface area (Å²) >= 11 is 0. The van der Waals surface area contributed by atoms with Gasteiger partial charge in [0, 0.05) is 12.4 Å². The van der Waals surface area contributed by atoms with Gasteiger partial charge in [0.1, 0.15) is 12.2 Å². The zero-order valence-corrected chi connectivity index (χ0v) is 10.3. The molecule has 0 spiro atoms. The van der Waals surface area contributed by atoms with Crippen LogP contribution in [-0.4, -0.2) is 23.3 Å². The quantitative estimate of drug-likeness (QED) is 0.755. The van der Waals surface area contributed by atoms with Crippen LogP contribution in [0.15, 0.2) is 30.6 Å². The number of aromatic nitrogens is 1. The summed E-state index contributed by atoms with van der Waals surface area (Å²) in [7, 11) is 0. The van der Waals surface area contributed by atoms with Crippen LogP contribution in [0.25, 0.3) is 6.08 Å². The first kappa shape index (κ1) is 13.2. The molecule has 4 heteroatoms. The number of hydrogen-bond acceptors (Lipinski definition) is 4. The Morgan fingerprint density at radius 1 is 1.47 bits per heavy atom. The third kappa shape index (κ3) is 6.35. The Bertz CT molecular complexity index is 379. The molecule has 92 valence electrons. The molecule has 0 saturated heterocycles. The number of carbonyl (C=O) groups is 1. The van der Waals surface area contributed by atoms with Crippen LogP contribution in [0.2, 0.25) is 0 Å². The average Bonchev–Trinajstić information content (AvgIpc) is 2.23. The van der Waals surface area contributed by atoms with Gasteiger partial charge in [-0.1, -0.05) is 12.1 Å². The van der Waals surface area contributed by atoms with Crippen LogP contribution in [0.3, 0.4) is 0 Å². The van der Waals surface area contributed by atoms with Crippen LogP contribution in [0.5, 0.6) is 0 Å². The minimum absolute atomic E-state index is 0.184. The molecule has 0 aliphatic heterocycles. The summed E-state index contributed by atoms with van der Waals surface area (Å²) in [4.78, 5) is 15.1. The van der Waals surface area contributed by atoms with Crippen molar-refractivity contribution in [3.05, 3.63) is 36.2 Å². The number of nitrogens with zero attached hydrogens (tertiary/aromatic N) is 1. The fraction of sp³-hybridized carbons (Fsp3) is 0.385. The Labute approximate surface area is 101 Å². The van der Waals surface area contributed by atoms with E-state index < -0.39 is 11.8 Å². The number of pyridine rings is 1. The summed E-state index contributed by atoms with van der Waals surface area (Å²) in [5.74, 6) is 0. The zero-order valence-electron chi connectivity index (χ0n) is 10.3. The Morgan fingerprint density at radius 3 is 2.82 bits per heavy atom. The standard InChI is InChI=1S/C13H17NO3/c1-13(2,3)17-12(15)16-9-5-7-11-6-4-8-14-10-11/h4-8,10H,9H2,1-3H3/b7-5+. The van der Waals surface area contributed by atoms with E-state index in [1.165, 1.54) is 0 Å². The van der Waals surface area contributed by atoms with E-state index in [1.807, 2.05) is 18.2 Å². The van der Waals surface area contributed by atoms with E-state index in [9.17, 15) is 4.79 Å². The molecule has 4 nitrogen and oxygen atoms in total. The Morgan fingerprint density at radius 2 is 2.24 bits per heavy atom. The predicted octanol–water partition coefficient (Wildman–Crippen LogP) is 3.05. The molecule has 17 heavy (non-hydrogen) atoms. The molecule has 0 N–H and O–H groups in total. The summed E-state index contributed by atoms with van der Waals surface area (Å²) in [5, 5.41) is 0. The molecule has 0 aliphatic carbocycles. The van der Waals surface area contributed by atoms with Crippen molar-refractivity contribution in [3.8, 4) is 0 Å². The highest BCUT2D eigenvalue weighted by molar-refractivity contribution is 5.60. The fourth-order valence-electron chi connectivity index (χ4n) is 1.05. The van der Waals surface area contributed by atoms with Crippen molar-refractivity contribution in [2.75, 3.05) is 6.61 Å². The average molecular weight is 235 g/mol. The Kier molecular flexibility index (Phi) is 4.69. The molecule has 1 heterocycles. The normalized spacial score (nSPS) is 11.5. The van der Waals surface area contributed by atoms with Gasteiger partial charge in [-0.05, 0) is 38.5 Å². The lowest BCUT2D eigenvalue weighted by atomic mass is 10.2. The SMILES string of the molecule is CC(C)(C)OC(=O)OC/C=C/c1cccnc1. The molecular weight excluding hydrogens is 218 g/mol. The van der Waals surface area contributed by atoms with Crippen LogP contribution in [0.1, 0.15) is 26.3 Å². The van der Waals surface area contributed by atoms with E-state index in [0.717, 1.165) is 5.56 Å². The number of ether oxygens (including phenoxy) is 2. The Hall–Kier alpha value is -1.84.